The normalized spacial score (nSPS) is 10.7. The van der Waals surface area contributed by atoms with Crippen LogP contribution in [0, 0.1) is 0 Å². The molecule has 0 fully saturated rings. The number of nitrogen functional groups attached to an aromatic ring is 1. The molecular formula is C20H18N6O3. The molecule has 29 heavy (non-hydrogen) atoms. The largest absolute Gasteiger partial charge is 0.508 e. The van der Waals surface area contributed by atoms with Crippen molar-refractivity contribution in [2.75, 3.05) is 18.1 Å². The van der Waals surface area contributed by atoms with Crippen LogP contribution in [0.15, 0.2) is 59.7 Å². The maximum Gasteiger partial charge on any atom is 0.277 e. The molecule has 146 valence electrons. The molecule has 0 unspecified atom stereocenters. The average molecular weight is 390 g/mol. The number of nitrogens with two attached hydrogens (primary N) is 1. The number of aliphatic imine (C=N–C) groups is 1. The molecule has 9 nitrogen and oxygen atoms in total. The van der Waals surface area contributed by atoms with Crippen LogP contribution in [0.4, 0.5) is 17.5 Å². The Morgan fingerprint density at radius 1 is 1.17 bits per heavy atom. The average Bonchev–Trinajstić information content (AvgIpc) is 2.72. The molecule has 5 N–H and O–H groups in total. The number of aromatic nitrogens is 2. The second-order valence-corrected chi connectivity index (χ2v) is 5.93. The van der Waals surface area contributed by atoms with Crippen molar-refractivity contribution < 1.29 is 14.7 Å². The number of carbonyl (C=O) groups excluding carboxylic acids is 2. The monoisotopic (exact) mass is 390 g/mol. The summed E-state index contributed by atoms with van der Waals surface area (Å²) in [6.07, 6.45) is 2.47. The van der Waals surface area contributed by atoms with Gasteiger partial charge in [0.05, 0.1) is 6.21 Å². The van der Waals surface area contributed by atoms with E-state index in [1.165, 1.54) is 7.05 Å². The molecule has 0 aliphatic carbocycles. The number of nitrogens with one attached hydrogen (secondary N) is 2. The van der Waals surface area contributed by atoms with Crippen LogP contribution >= 0.6 is 0 Å². The van der Waals surface area contributed by atoms with E-state index in [1.54, 1.807) is 54.7 Å². The number of phenols is 1. The van der Waals surface area contributed by atoms with Gasteiger partial charge in [-0.2, -0.15) is 4.98 Å². The number of anilines is 3. The molecule has 3 aromatic rings. The summed E-state index contributed by atoms with van der Waals surface area (Å²) in [7, 11) is 1.45. The fourth-order valence-electron chi connectivity index (χ4n) is 2.47. The standard InChI is InChI=1S/C20H18N6O3/c1-22-17(28)11-23-19(29)13-5-2-6-14(8-13)25-20-24-10-16(18(21)26-20)12-4-3-7-15(27)9-12/h2-11,27H,1H3,(H,22,28)(H3,21,24,25,26). The van der Waals surface area contributed by atoms with Gasteiger partial charge in [-0.15, -0.1) is 0 Å². The Balaban J connectivity index is 1.78. The zero-order valence-electron chi connectivity index (χ0n) is 15.5. The molecule has 0 atom stereocenters. The first-order chi connectivity index (χ1) is 14.0. The third-order valence-corrected chi connectivity index (χ3v) is 3.89. The molecule has 9 heteroatoms. The van der Waals surface area contributed by atoms with E-state index < -0.39 is 11.8 Å². The lowest BCUT2D eigenvalue weighted by molar-refractivity contribution is -0.113. The maximum absolute atomic E-state index is 12.1. The number of rotatable bonds is 5. The van der Waals surface area contributed by atoms with Crippen molar-refractivity contribution in [3.8, 4) is 16.9 Å². The molecule has 2 aromatic carbocycles. The van der Waals surface area contributed by atoms with Gasteiger partial charge in [-0.25, -0.2) is 9.98 Å². The Labute approximate surface area is 166 Å². The molecule has 0 saturated heterocycles. The topological polar surface area (TPSA) is 143 Å². The molecule has 1 heterocycles. The highest BCUT2D eigenvalue weighted by molar-refractivity contribution is 6.28. The van der Waals surface area contributed by atoms with Gasteiger partial charge in [0.2, 0.25) is 5.95 Å². The molecule has 0 aliphatic rings. The van der Waals surface area contributed by atoms with Gasteiger partial charge in [-0.3, -0.25) is 9.59 Å². The minimum atomic E-state index is -0.558. The van der Waals surface area contributed by atoms with Crippen molar-refractivity contribution >= 4 is 35.5 Å². The molecule has 0 bridgehead atoms. The predicted octanol–water partition coefficient (Wildman–Crippen LogP) is 2.13. The highest BCUT2D eigenvalue weighted by Crippen LogP contribution is 2.27. The van der Waals surface area contributed by atoms with Crippen molar-refractivity contribution in [1.29, 1.82) is 0 Å². The van der Waals surface area contributed by atoms with Crippen LogP contribution in [-0.2, 0) is 4.79 Å². The predicted molar refractivity (Wildman–Crippen MR) is 110 cm³/mol. The minimum absolute atomic E-state index is 0.115. The smallest absolute Gasteiger partial charge is 0.277 e. The highest BCUT2D eigenvalue weighted by Gasteiger charge is 2.09. The molecule has 1 aromatic heterocycles. The van der Waals surface area contributed by atoms with Crippen LogP contribution in [-0.4, -0.2) is 40.2 Å². The summed E-state index contributed by atoms with van der Waals surface area (Å²) in [6.45, 7) is 0. The molecule has 3 rings (SSSR count). The first-order valence-corrected chi connectivity index (χ1v) is 8.55. The zero-order chi connectivity index (χ0) is 20.8. The van der Waals surface area contributed by atoms with Gasteiger partial charge in [0.25, 0.3) is 11.8 Å². The maximum atomic E-state index is 12.1. The Bertz CT molecular complexity index is 1100. The van der Waals surface area contributed by atoms with Gasteiger partial charge in [0, 0.05) is 30.1 Å². The molecule has 0 radical (unpaired) electrons. The van der Waals surface area contributed by atoms with Crippen LogP contribution in [0.3, 0.4) is 0 Å². The summed E-state index contributed by atoms with van der Waals surface area (Å²) >= 11 is 0. The summed E-state index contributed by atoms with van der Waals surface area (Å²) in [6, 6.07) is 13.1. The molecule has 0 saturated carbocycles. The summed E-state index contributed by atoms with van der Waals surface area (Å²) in [5.41, 5.74) is 8.15. The third kappa shape index (κ3) is 4.92. The van der Waals surface area contributed by atoms with E-state index in [0.717, 1.165) is 6.21 Å². The number of nitrogens with zero attached hydrogens (tertiary/aromatic N) is 3. The van der Waals surface area contributed by atoms with Crippen LogP contribution in [0.25, 0.3) is 11.1 Å². The number of phenolic OH excluding ortho intramolecular Hbond substituents is 1. The quantitative estimate of drug-likeness (QED) is 0.489. The van der Waals surface area contributed by atoms with Gasteiger partial charge in [-0.05, 0) is 35.9 Å². The van der Waals surface area contributed by atoms with Crippen LogP contribution in [0.1, 0.15) is 10.4 Å². The first kappa shape index (κ1) is 19.5. The first-order valence-electron chi connectivity index (χ1n) is 8.55. The number of hydrogen-bond donors (Lipinski definition) is 4. The minimum Gasteiger partial charge on any atom is -0.508 e. The molecule has 0 spiro atoms. The lowest BCUT2D eigenvalue weighted by atomic mass is 10.1. The van der Waals surface area contributed by atoms with Crippen molar-refractivity contribution in [3.05, 3.63) is 60.3 Å². The van der Waals surface area contributed by atoms with E-state index in [9.17, 15) is 14.7 Å². The van der Waals surface area contributed by atoms with Crippen molar-refractivity contribution in [3.63, 3.8) is 0 Å². The lowest BCUT2D eigenvalue weighted by Crippen LogP contribution is -2.19. The Hall–Kier alpha value is -4.27. The number of amides is 2. The van der Waals surface area contributed by atoms with E-state index in [2.05, 4.69) is 25.6 Å². The number of aromatic hydroxyl groups is 1. The van der Waals surface area contributed by atoms with Crippen LogP contribution in [0.2, 0.25) is 0 Å². The Kier molecular flexibility index (Phi) is 5.79. The van der Waals surface area contributed by atoms with Crippen molar-refractivity contribution in [2.45, 2.75) is 0 Å². The van der Waals surface area contributed by atoms with E-state index in [-0.39, 0.29) is 17.5 Å². The Morgan fingerprint density at radius 3 is 2.69 bits per heavy atom. The fourth-order valence-corrected chi connectivity index (χ4v) is 2.47. The van der Waals surface area contributed by atoms with Crippen LogP contribution < -0.4 is 16.4 Å². The highest BCUT2D eigenvalue weighted by atomic mass is 16.3. The van der Waals surface area contributed by atoms with E-state index in [4.69, 9.17) is 5.73 Å². The summed E-state index contributed by atoms with van der Waals surface area (Å²) in [5.74, 6) is -0.440. The SMILES string of the molecule is CNC(=O)C=NC(=O)c1cccc(Nc2ncc(-c3cccc(O)c3)c(N)n2)c1. The summed E-state index contributed by atoms with van der Waals surface area (Å²) < 4.78 is 0. The Morgan fingerprint density at radius 2 is 1.97 bits per heavy atom. The van der Waals surface area contributed by atoms with Crippen molar-refractivity contribution in [1.82, 2.24) is 15.3 Å². The number of hydrogen-bond acceptors (Lipinski definition) is 7. The van der Waals surface area contributed by atoms with Gasteiger partial charge in [0.15, 0.2) is 0 Å². The van der Waals surface area contributed by atoms with Crippen LogP contribution in [0.5, 0.6) is 5.75 Å². The number of carbonyl (C=O) groups is 2. The van der Waals surface area contributed by atoms with Gasteiger partial charge < -0.3 is 21.5 Å². The lowest BCUT2D eigenvalue weighted by Gasteiger charge is -2.09. The van der Waals surface area contributed by atoms with E-state index in [1.807, 2.05) is 0 Å². The second-order valence-electron chi connectivity index (χ2n) is 5.93. The number of benzene rings is 2. The third-order valence-electron chi connectivity index (χ3n) is 3.89. The van der Waals surface area contributed by atoms with Gasteiger partial charge in [0.1, 0.15) is 11.6 Å². The van der Waals surface area contributed by atoms with Gasteiger partial charge >= 0.3 is 0 Å². The second kappa shape index (κ2) is 8.61. The molecule has 2 amide bonds. The zero-order valence-corrected chi connectivity index (χ0v) is 15.5. The van der Waals surface area contributed by atoms with E-state index in [0.29, 0.717) is 22.4 Å². The van der Waals surface area contributed by atoms with Gasteiger partial charge in [-0.1, -0.05) is 18.2 Å². The molecular weight excluding hydrogens is 372 g/mol. The van der Waals surface area contributed by atoms with E-state index >= 15 is 0 Å². The molecule has 0 aliphatic heterocycles. The summed E-state index contributed by atoms with van der Waals surface area (Å²) in [5, 5.41) is 14.9. The fraction of sp³-hybridized carbons (Fsp3) is 0.0500. The van der Waals surface area contributed by atoms with Crippen molar-refractivity contribution in [2.24, 2.45) is 4.99 Å². The summed E-state index contributed by atoms with van der Waals surface area (Å²) in [4.78, 5) is 35.3.